The maximum Gasteiger partial charge on any atom is 0.256 e. The SMILES string of the molecule is O=C(Nc1n[nH]c2cc(Br)ccc12)c1ccc(N2CCOCC2)cc1. The molecule has 0 atom stereocenters. The molecule has 128 valence electrons. The monoisotopic (exact) mass is 400 g/mol. The number of amides is 1. The van der Waals surface area contributed by atoms with Crippen molar-refractivity contribution in [3.05, 3.63) is 52.5 Å². The summed E-state index contributed by atoms with van der Waals surface area (Å²) in [4.78, 5) is 14.8. The van der Waals surface area contributed by atoms with Gasteiger partial charge in [-0.15, -0.1) is 0 Å². The molecule has 1 aromatic heterocycles. The lowest BCUT2D eigenvalue weighted by atomic mass is 10.1. The number of rotatable bonds is 3. The van der Waals surface area contributed by atoms with E-state index in [1.807, 2.05) is 42.5 Å². The first-order valence-electron chi connectivity index (χ1n) is 8.08. The van der Waals surface area contributed by atoms with Crippen molar-refractivity contribution in [2.45, 2.75) is 0 Å². The minimum Gasteiger partial charge on any atom is -0.378 e. The molecule has 1 fully saturated rings. The summed E-state index contributed by atoms with van der Waals surface area (Å²) in [5, 5.41) is 10.9. The van der Waals surface area contributed by atoms with Crippen LogP contribution in [0.2, 0.25) is 0 Å². The van der Waals surface area contributed by atoms with Crippen molar-refractivity contribution in [2.75, 3.05) is 36.5 Å². The van der Waals surface area contributed by atoms with E-state index in [0.717, 1.165) is 47.4 Å². The van der Waals surface area contributed by atoms with E-state index in [9.17, 15) is 4.79 Å². The van der Waals surface area contributed by atoms with Gasteiger partial charge in [0.2, 0.25) is 0 Å². The van der Waals surface area contributed by atoms with E-state index in [1.165, 1.54) is 0 Å². The van der Waals surface area contributed by atoms with E-state index < -0.39 is 0 Å². The summed E-state index contributed by atoms with van der Waals surface area (Å²) in [6, 6.07) is 13.4. The maximum absolute atomic E-state index is 12.5. The molecule has 7 heteroatoms. The maximum atomic E-state index is 12.5. The van der Waals surface area contributed by atoms with Gasteiger partial charge >= 0.3 is 0 Å². The molecule has 0 spiro atoms. The van der Waals surface area contributed by atoms with Gasteiger partial charge in [0.05, 0.1) is 18.7 Å². The van der Waals surface area contributed by atoms with Gasteiger partial charge in [0.1, 0.15) is 0 Å². The number of H-pyrrole nitrogens is 1. The second-order valence-corrected chi connectivity index (χ2v) is 6.78. The molecule has 1 aliphatic rings. The molecule has 0 aliphatic carbocycles. The lowest BCUT2D eigenvalue weighted by molar-refractivity contribution is 0.102. The predicted octanol–water partition coefficient (Wildman–Crippen LogP) is 3.41. The Labute approximate surface area is 153 Å². The number of nitrogens with one attached hydrogen (secondary N) is 2. The minimum atomic E-state index is -0.176. The Kier molecular flexibility index (Phi) is 4.42. The molecule has 0 bridgehead atoms. The number of nitrogens with zero attached hydrogens (tertiary/aromatic N) is 2. The van der Waals surface area contributed by atoms with Crippen LogP contribution in [0.25, 0.3) is 10.9 Å². The highest BCUT2D eigenvalue weighted by atomic mass is 79.9. The lowest BCUT2D eigenvalue weighted by Crippen LogP contribution is -2.36. The number of aromatic nitrogens is 2. The molecule has 1 aliphatic heterocycles. The van der Waals surface area contributed by atoms with Gasteiger partial charge in [0.15, 0.2) is 5.82 Å². The number of morpholine rings is 1. The molecule has 0 radical (unpaired) electrons. The Balaban J connectivity index is 1.50. The number of anilines is 2. The highest BCUT2D eigenvalue weighted by molar-refractivity contribution is 9.10. The number of benzene rings is 2. The van der Waals surface area contributed by atoms with Gasteiger partial charge in [-0.3, -0.25) is 9.89 Å². The predicted molar refractivity (Wildman–Crippen MR) is 101 cm³/mol. The first-order chi connectivity index (χ1) is 12.2. The van der Waals surface area contributed by atoms with Gasteiger partial charge in [0, 0.05) is 34.2 Å². The molecule has 2 heterocycles. The lowest BCUT2D eigenvalue weighted by Gasteiger charge is -2.28. The smallest absolute Gasteiger partial charge is 0.256 e. The van der Waals surface area contributed by atoms with Crippen LogP contribution < -0.4 is 10.2 Å². The third-order valence-electron chi connectivity index (χ3n) is 4.26. The summed E-state index contributed by atoms with van der Waals surface area (Å²) in [5.41, 5.74) is 2.58. The third kappa shape index (κ3) is 3.38. The van der Waals surface area contributed by atoms with E-state index in [0.29, 0.717) is 11.4 Å². The van der Waals surface area contributed by atoms with E-state index in [2.05, 4.69) is 36.3 Å². The Morgan fingerprint density at radius 1 is 1.16 bits per heavy atom. The number of aromatic amines is 1. The van der Waals surface area contributed by atoms with Crippen molar-refractivity contribution in [1.82, 2.24) is 10.2 Å². The normalized spacial score (nSPS) is 14.7. The molecule has 0 unspecified atom stereocenters. The Morgan fingerprint density at radius 3 is 2.68 bits per heavy atom. The van der Waals surface area contributed by atoms with E-state index in [4.69, 9.17) is 4.74 Å². The van der Waals surface area contributed by atoms with E-state index in [-0.39, 0.29) is 5.91 Å². The number of ether oxygens (including phenoxy) is 1. The number of hydrogen-bond acceptors (Lipinski definition) is 4. The molecule has 6 nitrogen and oxygen atoms in total. The van der Waals surface area contributed by atoms with Crippen LogP contribution in [0.4, 0.5) is 11.5 Å². The van der Waals surface area contributed by atoms with Crippen LogP contribution in [-0.2, 0) is 4.74 Å². The summed E-state index contributed by atoms with van der Waals surface area (Å²) in [7, 11) is 0. The topological polar surface area (TPSA) is 70.2 Å². The zero-order valence-corrected chi connectivity index (χ0v) is 15.0. The van der Waals surface area contributed by atoms with Crippen molar-refractivity contribution in [3.8, 4) is 0 Å². The zero-order valence-electron chi connectivity index (χ0n) is 13.5. The molecular formula is C18H17BrN4O2. The second kappa shape index (κ2) is 6.85. The van der Waals surface area contributed by atoms with Crippen LogP contribution >= 0.6 is 15.9 Å². The average Bonchev–Trinajstić information content (AvgIpc) is 3.04. The number of halogens is 1. The first-order valence-corrected chi connectivity index (χ1v) is 8.88. The Hall–Kier alpha value is -2.38. The number of hydrogen-bond donors (Lipinski definition) is 2. The van der Waals surface area contributed by atoms with Crippen LogP contribution in [0.15, 0.2) is 46.9 Å². The van der Waals surface area contributed by atoms with E-state index >= 15 is 0 Å². The molecular weight excluding hydrogens is 384 g/mol. The largest absolute Gasteiger partial charge is 0.378 e. The van der Waals surface area contributed by atoms with Crippen molar-refractivity contribution in [3.63, 3.8) is 0 Å². The average molecular weight is 401 g/mol. The van der Waals surface area contributed by atoms with Crippen LogP contribution in [0, 0.1) is 0 Å². The van der Waals surface area contributed by atoms with Crippen molar-refractivity contribution < 1.29 is 9.53 Å². The van der Waals surface area contributed by atoms with Crippen molar-refractivity contribution in [2.24, 2.45) is 0 Å². The van der Waals surface area contributed by atoms with Gasteiger partial charge in [-0.05, 0) is 42.5 Å². The third-order valence-corrected chi connectivity index (χ3v) is 4.76. The van der Waals surface area contributed by atoms with Crippen molar-refractivity contribution in [1.29, 1.82) is 0 Å². The van der Waals surface area contributed by atoms with Gasteiger partial charge in [0.25, 0.3) is 5.91 Å². The summed E-state index contributed by atoms with van der Waals surface area (Å²) >= 11 is 3.42. The Bertz CT molecular complexity index is 901. The minimum absolute atomic E-state index is 0.176. The first kappa shape index (κ1) is 16.1. The molecule has 25 heavy (non-hydrogen) atoms. The van der Waals surface area contributed by atoms with E-state index in [1.54, 1.807) is 0 Å². The van der Waals surface area contributed by atoms with Gasteiger partial charge in [-0.2, -0.15) is 5.10 Å². The Morgan fingerprint density at radius 2 is 1.92 bits per heavy atom. The van der Waals surface area contributed by atoms with Gasteiger partial charge < -0.3 is 15.0 Å². The van der Waals surface area contributed by atoms with Crippen molar-refractivity contribution >= 4 is 44.2 Å². The summed E-state index contributed by atoms with van der Waals surface area (Å²) < 4.78 is 6.32. The standard InChI is InChI=1S/C18H17BrN4O2/c19-13-3-6-15-16(11-13)21-22-17(15)20-18(24)12-1-4-14(5-2-12)23-7-9-25-10-8-23/h1-6,11H,7-10H2,(H2,20,21,22,24). The fourth-order valence-electron chi connectivity index (χ4n) is 2.91. The molecule has 1 saturated heterocycles. The number of fused-ring (bicyclic) bond motifs is 1. The van der Waals surface area contributed by atoms with Gasteiger partial charge in [-0.25, -0.2) is 0 Å². The molecule has 2 N–H and O–H groups in total. The molecule has 1 amide bonds. The molecule has 3 aromatic rings. The fraction of sp³-hybridized carbons (Fsp3) is 0.222. The second-order valence-electron chi connectivity index (χ2n) is 5.86. The number of carbonyl (C=O) groups excluding carboxylic acids is 1. The summed E-state index contributed by atoms with van der Waals surface area (Å²) in [6.07, 6.45) is 0. The van der Waals surface area contributed by atoms with Crippen LogP contribution in [0.5, 0.6) is 0 Å². The van der Waals surface area contributed by atoms with Crippen LogP contribution in [0.1, 0.15) is 10.4 Å². The molecule has 2 aromatic carbocycles. The quantitative estimate of drug-likeness (QED) is 0.706. The molecule has 0 saturated carbocycles. The van der Waals surface area contributed by atoms with Gasteiger partial charge in [-0.1, -0.05) is 15.9 Å². The summed E-state index contributed by atoms with van der Waals surface area (Å²) in [5.74, 6) is 0.356. The van der Waals surface area contributed by atoms with Crippen LogP contribution in [0.3, 0.4) is 0 Å². The number of carbonyl (C=O) groups is 1. The van der Waals surface area contributed by atoms with Crippen LogP contribution in [-0.4, -0.2) is 42.4 Å². The highest BCUT2D eigenvalue weighted by Crippen LogP contribution is 2.24. The summed E-state index contributed by atoms with van der Waals surface area (Å²) in [6.45, 7) is 3.23. The zero-order chi connectivity index (χ0) is 17.2. The fourth-order valence-corrected chi connectivity index (χ4v) is 3.27. The molecule has 4 rings (SSSR count). The highest BCUT2D eigenvalue weighted by Gasteiger charge is 2.14.